The van der Waals surface area contributed by atoms with E-state index in [-0.39, 0.29) is 5.63 Å². The van der Waals surface area contributed by atoms with Crippen molar-refractivity contribution in [3.05, 3.63) is 57.6 Å². The van der Waals surface area contributed by atoms with Crippen molar-refractivity contribution in [3.63, 3.8) is 0 Å². The molecule has 3 aromatic rings. The van der Waals surface area contributed by atoms with Gasteiger partial charge in [0, 0.05) is 6.07 Å². The van der Waals surface area contributed by atoms with E-state index in [1.165, 1.54) is 6.07 Å². The monoisotopic (exact) mass is 284 g/mol. The van der Waals surface area contributed by atoms with Crippen LogP contribution in [0.5, 0.6) is 5.75 Å². The van der Waals surface area contributed by atoms with Crippen LogP contribution in [0.25, 0.3) is 11.1 Å². The Morgan fingerprint density at radius 3 is 2.86 bits per heavy atom. The van der Waals surface area contributed by atoms with Gasteiger partial charge in [-0.15, -0.1) is 0 Å². The van der Waals surface area contributed by atoms with Crippen molar-refractivity contribution in [1.29, 1.82) is 0 Å². The highest BCUT2D eigenvalue weighted by Gasteiger charge is 2.13. The van der Waals surface area contributed by atoms with Crippen molar-refractivity contribution < 1.29 is 9.15 Å². The van der Waals surface area contributed by atoms with Gasteiger partial charge >= 0.3 is 5.63 Å². The maximum absolute atomic E-state index is 11.6. The molecule has 0 aliphatic carbocycles. The van der Waals surface area contributed by atoms with E-state index in [1.807, 2.05) is 38.1 Å². The molecule has 0 spiro atoms. The quantitative estimate of drug-likeness (QED) is 0.742. The van der Waals surface area contributed by atoms with Gasteiger partial charge in [-0.3, -0.25) is 0 Å². The zero-order chi connectivity index (χ0) is 15.0. The van der Waals surface area contributed by atoms with E-state index in [9.17, 15) is 4.79 Å². The number of aryl methyl sites for hydroxylation is 2. The number of fused-ring (bicyclic) bond motifs is 1. The summed E-state index contributed by atoms with van der Waals surface area (Å²) < 4.78 is 12.3. The molecule has 5 nitrogen and oxygen atoms in total. The Hall–Kier alpha value is -2.56. The molecule has 0 atom stereocenters. The van der Waals surface area contributed by atoms with E-state index in [4.69, 9.17) is 9.15 Å². The fourth-order valence-electron chi connectivity index (χ4n) is 2.54. The topological polar surface area (TPSA) is 57.3 Å². The molecule has 21 heavy (non-hydrogen) atoms. The van der Waals surface area contributed by atoms with Gasteiger partial charge in [-0.2, -0.15) is 5.10 Å². The summed E-state index contributed by atoms with van der Waals surface area (Å²) in [7, 11) is 1.63. The van der Waals surface area contributed by atoms with Gasteiger partial charge in [0.2, 0.25) is 5.71 Å². The van der Waals surface area contributed by atoms with Gasteiger partial charge in [0.25, 0.3) is 0 Å². The van der Waals surface area contributed by atoms with Crippen LogP contribution in [0.1, 0.15) is 16.8 Å². The van der Waals surface area contributed by atoms with Crippen LogP contribution >= 0.6 is 0 Å². The zero-order valence-corrected chi connectivity index (χ0v) is 12.2. The molecule has 0 bridgehead atoms. The summed E-state index contributed by atoms with van der Waals surface area (Å²) in [5, 5.41) is 5.39. The predicted octanol–water partition coefficient (Wildman–Crippen LogP) is 2.66. The van der Waals surface area contributed by atoms with Crippen molar-refractivity contribution in [2.75, 3.05) is 7.11 Å². The average molecular weight is 284 g/mol. The molecule has 2 aromatic heterocycles. The van der Waals surface area contributed by atoms with Gasteiger partial charge < -0.3 is 9.15 Å². The molecule has 0 unspecified atom stereocenters. The average Bonchev–Trinajstić information content (AvgIpc) is 2.75. The van der Waals surface area contributed by atoms with Crippen molar-refractivity contribution in [2.24, 2.45) is 0 Å². The molecular weight excluding hydrogens is 268 g/mol. The Morgan fingerprint density at radius 2 is 2.10 bits per heavy atom. The summed E-state index contributed by atoms with van der Waals surface area (Å²) in [6, 6.07) is 9.23. The molecule has 0 saturated heterocycles. The smallest absolute Gasteiger partial charge is 0.337 e. The third-order valence-electron chi connectivity index (χ3n) is 3.47. The molecule has 0 radical (unpaired) electrons. The molecule has 3 rings (SSSR count). The minimum atomic E-state index is -0.355. The first-order valence-electron chi connectivity index (χ1n) is 6.69. The van der Waals surface area contributed by atoms with Crippen LogP contribution < -0.4 is 10.4 Å². The number of rotatable bonds is 3. The van der Waals surface area contributed by atoms with Crippen LogP contribution in [0.4, 0.5) is 0 Å². The molecule has 0 fully saturated rings. The zero-order valence-electron chi connectivity index (χ0n) is 12.2. The van der Waals surface area contributed by atoms with Crippen LogP contribution in [0.15, 0.2) is 39.5 Å². The number of methoxy groups -OCH3 is 1. The summed E-state index contributed by atoms with van der Waals surface area (Å²) in [6.45, 7) is 4.33. The minimum Gasteiger partial charge on any atom is -0.497 e. The SMILES string of the molecule is COc1cccc(Cn2nc(C)c3c(C)cc(=O)oc32)c1. The Morgan fingerprint density at radius 1 is 1.29 bits per heavy atom. The lowest BCUT2D eigenvalue weighted by molar-refractivity contribution is 0.414. The van der Waals surface area contributed by atoms with Crippen molar-refractivity contribution in [1.82, 2.24) is 9.78 Å². The number of hydrogen-bond donors (Lipinski definition) is 0. The highest BCUT2D eigenvalue weighted by Crippen LogP contribution is 2.22. The van der Waals surface area contributed by atoms with Crippen LogP contribution in [0.2, 0.25) is 0 Å². The fraction of sp³-hybridized carbons (Fsp3) is 0.250. The van der Waals surface area contributed by atoms with E-state index in [2.05, 4.69) is 5.10 Å². The van der Waals surface area contributed by atoms with E-state index in [0.717, 1.165) is 28.0 Å². The molecule has 0 aliphatic rings. The molecular formula is C16H16N2O3. The number of hydrogen-bond acceptors (Lipinski definition) is 4. The molecule has 0 aliphatic heterocycles. The maximum atomic E-state index is 11.6. The number of benzene rings is 1. The van der Waals surface area contributed by atoms with E-state index < -0.39 is 0 Å². The second-order valence-corrected chi connectivity index (χ2v) is 5.02. The van der Waals surface area contributed by atoms with Crippen molar-refractivity contribution in [2.45, 2.75) is 20.4 Å². The van der Waals surface area contributed by atoms with Crippen molar-refractivity contribution >= 4 is 11.1 Å². The highest BCUT2D eigenvalue weighted by molar-refractivity contribution is 5.80. The first kappa shape index (κ1) is 13.4. The summed E-state index contributed by atoms with van der Waals surface area (Å²) in [5.41, 5.74) is 2.93. The van der Waals surface area contributed by atoms with Gasteiger partial charge in [-0.05, 0) is 37.1 Å². The van der Waals surface area contributed by atoms with E-state index >= 15 is 0 Å². The van der Waals surface area contributed by atoms with Gasteiger partial charge in [-0.25, -0.2) is 9.48 Å². The van der Waals surface area contributed by atoms with E-state index in [1.54, 1.807) is 11.8 Å². The number of ether oxygens (including phenoxy) is 1. The van der Waals surface area contributed by atoms with E-state index in [0.29, 0.717) is 12.3 Å². The van der Waals surface area contributed by atoms with Gasteiger partial charge in [-0.1, -0.05) is 12.1 Å². The Balaban J connectivity index is 2.10. The second kappa shape index (κ2) is 5.09. The highest BCUT2D eigenvalue weighted by atomic mass is 16.5. The number of nitrogens with zero attached hydrogens (tertiary/aromatic N) is 2. The van der Waals surface area contributed by atoms with Crippen LogP contribution in [0, 0.1) is 13.8 Å². The lowest BCUT2D eigenvalue weighted by atomic mass is 10.2. The Bertz CT molecular complexity index is 862. The van der Waals surface area contributed by atoms with Crippen LogP contribution in [-0.4, -0.2) is 16.9 Å². The van der Waals surface area contributed by atoms with Gasteiger partial charge in [0.05, 0.1) is 24.7 Å². The molecule has 0 saturated carbocycles. The first-order chi connectivity index (χ1) is 10.1. The molecule has 0 amide bonds. The van der Waals surface area contributed by atoms with Gasteiger partial charge in [0.15, 0.2) is 0 Å². The van der Waals surface area contributed by atoms with Gasteiger partial charge in [0.1, 0.15) is 5.75 Å². The third kappa shape index (κ3) is 2.42. The normalized spacial score (nSPS) is 11.0. The molecule has 108 valence electrons. The molecule has 1 aromatic carbocycles. The van der Waals surface area contributed by atoms with Crippen LogP contribution in [0.3, 0.4) is 0 Å². The third-order valence-corrected chi connectivity index (χ3v) is 3.47. The second-order valence-electron chi connectivity index (χ2n) is 5.02. The maximum Gasteiger partial charge on any atom is 0.337 e. The molecule has 2 heterocycles. The standard InChI is InChI=1S/C16H16N2O3/c1-10-7-14(19)21-16-15(10)11(2)17-18(16)9-12-5-4-6-13(8-12)20-3/h4-8H,9H2,1-3H3. The lowest BCUT2D eigenvalue weighted by Crippen LogP contribution is -2.05. The predicted molar refractivity (Wildman–Crippen MR) is 79.8 cm³/mol. The van der Waals surface area contributed by atoms with Crippen molar-refractivity contribution in [3.8, 4) is 5.75 Å². The lowest BCUT2D eigenvalue weighted by Gasteiger charge is -2.05. The summed E-state index contributed by atoms with van der Waals surface area (Å²) in [5.74, 6) is 0.790. The number of aromatic nitrogens is 2. The fourth-order valence-corrected chi connectivity index (χ4v) is 2.54. The molecule has 5 heteroatoms. The Kier molecular flexibility index (Phi) is 3.25. The van der Waals surface area contributed by atoms with Crippen LogP contribution in [-0.2, 0) is 6.54 Å². The summed E-state index contributed by atoms with van der Waals surface area (Å²) >= 11 is 0. The summed E-state index contributed by atoms with van der Waals surface area (Å²) in [6.07, 6.45) is 0. The molecule has 0 N–H and O–H groups in total. The minimum absolute atomic E-state index is 0.355. The largest absolute Gasteiger partial charge is 0.497 e. The Labute approximate surface area is 121 Å². The first-order valence-corrected chi connectivity index (χ1v) is 6.69. The summed E-state index contributed by atoms with van der Waals surface area (Å²) in [4.78, 5) is 11.6.